The van der Waals surface area contributed by atoms with E-state index in [1.807, 2.05) is 60.7 Å². The second kappa shape index (κ2) is 15.0. The molecule has 0 bridgehead atoms. The predicted molar refractivity (Wildman–Crippen MR) is 135 cm³/mol. The van der Waals surface area contributed by atoms with Gasteiger partial charge in [0.05, 0.1) is 10.1 Å². The summed E-state index contributed by atoms with van der Waals surface area (Å²) in [5.74, 6) is -0.502. The fraction of sp³-hybridized carbons (Fsp3) is 0.280. The third-order valence-electron chi connectivity index (χ3n) is 5.49. The van der Waals surface area contributed by atoms with Crippen LogP contribution in [0.5, 0.6) is 0 Å². The molecule has 0 spiro atoms. The third-order valence-corrected chi connectivity index (χ3v) is 6.28. The molecule has 1 aliphatic rings. The molecular formula is C25H27KN2O7S2. The quantitative estimate of drug-likeness (QED) is 0.143. The Morgan fingerprint density at radius 1 is 1.14 bits per heavy atom. The molecule has 1 heterocycles. The van der Waals surface area contributed by atoms with Crippen molar-refractivity contribution in [3.8, 4) is 0 Å². The van der Waals surface area contributed by atoms with Gasteiger partial charge in [0.15, 0.2) is 5.71 Å². The van der Waals surface area contributed by atoms with Crippen LogP contribution in [0.4, 0.5) is 11.4 Å². The molecular weight excluding hydrogens is 544 g/mol. The van der Waals surface area contributed by atoms with Gasteiger partial charge >= 0.3 is 62.0 Å². The topological polar surface area (TPSA) is 132 Å². The van der Waals surface area contributed by atoms with Crippen LogP contribution in [0.3, 0.4) is 0 Å². The van der Waals surface area contributed by atoms with Crippen molar-refractivity contribution < 1.29 is 86.4 Å². The first-order valence-electron chi connectivity index (χ1n) is 10.9. The summed E-state index contributed by atoms with van der Waals surface area (Å²) in [7, 11) is -7.37. The minimum atomic E-state index is -4.26. The van der Waals surface area contributed by atoms with E-state index in [1.165, 1.54) is 6.92 Å². The molecule has 2 aromatic carbocycles. The van der Waals surface area contributed by atoms with E-state index in [-0.39, 0.29) is 69.1 Å². The summed E-state index contributed by atoms with van der Waals surface area (Å²) in [4.78, 5) is 13.6. The zero-order valence-electron chi connectivity index (χ0n) is 21.1. The molecule has 2 aromatic rings. The van der Waals surface area contributed by atoms with E-state index in [0.29, 0.717) is 6.54 Å². The van der Waals surface area contributed by atoms with E-state index < -0.39 is 26.5 Å². The summed E-state index contributed by atoms with van der Waals surface area (Å²) in [6, 6.07) is 18.2. The summed E-state index contributed by atoms with van der Waals surface area (Å²) < 4.78 is 60.6. The monoisotopic (exact) mass is 570 g/mol. The van der Waals surface area contributed by atoms with Crippen LogP contribution in [0.2, 0.25) is 0 Å². The number of anilines is 1. The molecule has 192 valence electrons. The summed E-state index contributed by atoms with van der Waals surface area (Å²) >= 11 is 0. The molecule has 9 nitrogen and oxygen atoms in total. The van der Waals surface area contributed by atoms with Gasteiger partial charge in [-0.1, -0.05) is 43.7 Å². The van der Waals surface area contributed by atoms with Gasteiger partial charge in [0.1, 0.15) is 12.2 Å². The number of hydrogen-bond acceptors (Lipinski definition) is 7. The van der Waals surface area contributed by atoms with Gasteiger partial charge in [-0.15, -0.1) is 18.7 Å². The van der Waals surface area contributed by atoms with E-state index in [9.17, 15) is 17.8 Å². The Morgan fingerprint density at radius 2 is 1.76 bits per heavy atom. The molecule has 0 fully saturated rings. The molecule has 0 saturated heterocycles. The number of nitrogens with zero attached hydrogens (tertiary/aromatic N) is 2. The van der Waals surface area contributed by atoms with Gasteiger partial charge in [-0.05, 0) is 18.2 Å². The van der Waals surface area contributed by atoms with Crippen molar-refractivity contribution in [3.05, 3.63) is 84.6 Å². The largest absolute Gasteiger partial charge is 1.00 e. The fourth-order valence-corrected chi connectivity index (χ4v) is 4.43. The number of hydrogen-bond donors (Lipinski definition) is 0. The molecule has 0 atom stereocenters. The molecule has 0 radical (unpaired) electrons. The third kappa shape index (κ3) is 10.1. The van der Waals surface area contributed by atoms with E-state index in [0.717, 1.165) is 22.6 Å². The van der Waals surface area contributed by atoms with Crippen molar-refractivity contribution in [2.24, 2.45) is 0 Å². The summed E-state index contributed by atoms with van der Waals surface area (Å²) in [5, 5.41) is 0. The second-order valence-electron chi connectivity index (χ2n) is 8.35. The summed E-state index contributed by atoms with van der Waals surface area (Å²) in [6.07, 6.45) is 7.58. The molecule has 0 unspecified atom stereocenters. The number of para-hydroxylation sites is 1. The Bertz CT molecular complexity index is 1390. The van der Waals surface area contributed by atoms with Crippen LogP contribution in [0, 0.1) is 6.07 Å². The zero-order valence-corrected chi connectivity index (χ0v) is 25.9. The smallest absolute Gasteiger partial charge is 0.748 e. The van der Waals surface area contributed by atoms with Gasteiger partial charge in [0, 0.05) is 42.5 Å². The molecule has 37 heavy (non-hydrogen) atoms. The van der Waals surface area contributed by atoms with E-state index in [2.05, 4.69) is 24.5 Å². The van der Waals surface area contributed by atoms with Crippen molar-refractivity contribution in [1.29, 1.82) is 0 Å². The summed E-state index contributed by atoms with van der Waals surface area (Å²) in [5.41, 5.74) is 3.50. The molecule has 0 aliphatic carbocycles. The van der Waals surface area contributed by atoms with Gasteiger partial charge in [-0.2, -0.15) is 18.2 Å². The molecule has 12 heteroatoms. The van der Waals surface area contributed by atoms with Gasteiger partial charge in [-0.25, -0.2) is 13.0 Å². The number of carbonyl (C=O) groups excluding carboxylic acids is 1. The minimum absolute atomic E-state index is 0. The van der Waals surface area contributed by atoms with Crippen LogP contribution >= 0.6 is 0 Å². The average Bonchev–Trinajstić information content (AvgIpc) is 2.99. The average molecular weight is 571 g/mol. The van der Waals surface area contributed by atoms with E-state index in [1.54, 1.807) is 17.2 Å². The van der Waals surface area contributed by atoms with Crippen LogP contribution in [0.25, 0.3) is 0 Å². The Balaban J connectivity index is 0.00000127. The first-order chi connectivity index (χ1) is 16.8. The van der Waals surface area contributed by atoms with Gasteiger partial charge in [0.2, 0.25) is 5.91 Å². The first-order valence-corrected chi connectivity index (χ1v) is 13.5. The Morgan fingerprint density at radius 3 is 2.32 bits per heavy atom. The normalized spacial score (nSPS) is 14.1. The Labute approximate surface area is 261 Å². The number of amides is 1. The fourth-order valence-electron chi connectivity index (χ4n) is 3.95. The number of carbonyl (C=O) groups is 1. The minimum Gasteiger partial charge on any atom is -0.748 e. The maximum absolute atomic E-state index is 12.1. The van der Waals surface area contributed by atoms with Gasteiger partial charge in [0.25, 0.3) is 0 Å². The van der Waals surface area contributed by atoms with Crippen LogP contribution in [0.15, 0.2) is 73.0 Å². The zero-order chi connectivity index (χ0) is 26.9. The molecule has 1 amide bonds. The molecule has 0 saturated carbocycles. The molecule has 0 N–H and O–H groups in total. The standard InChI is InChI=1S/C25H28N2O4S.K.O3S/c1-20(28)26(21-12-5-4-6-13-21)17-10-9-16-24-25(2,3)22-14-7-8-15-23(22)27(24)18-11-19-32(29,30)31;;1-4(2)3/h4-6,8-10,12-17H,11,18-19H2,1-3H3,(H,29,30,31);;/q;+1;/p-1. The van der Waals surface area contributed by atoms with Crippen molar-refractivity contribution in [3.63, 3.8) is 0 Å². The predicted octanol–water partition coefficient (Wildman–Crippen LogP) is -0.0788. The number of allylic oxidation sites excluding steroid dienone is 3. The van der Waals surface area contributed by atoms with E-state index in [4.69, 9.17) is 12.6 Å². The van der Waals surface area contributed by atoms with Crippen LogP contribution < -0.4 is 56.3 Å². The first kappa shape index (κ1) is 33.3. The number of fused-ring (bicyclic) bond motifs is 1. The molecule has 0 aromatic heterocycles. The molecule has 3 rings (SSSR count). The van der Waals surface area contributed by atoms with Crippen LogP contribution in [-0.4, -0.2) is 54.1 Å². The van der Waals surface area contributed by atoms with Crippen LogP contribution in [0.1, 0.15) is 32.8 Å². The Hall–Kier alpha value is -1.77. The Kier molecular flexibility index (Phi) is 13.5. The summed E-state index contributed by atoms with van der Waals surface area (Å²) in [6.45, 7) is 6.11. The second-order valence-corrected chi connectivity index (χ2v) is 10.3. The van der Waals surface area contributed by atoms with Crippen molar-refractivity contribution in [2.75, 3.05) is 17.2 Å². The van der Waals surface area contributed by atoms with Crippen molar-refractivity contribution in [1.82, 2.24) is 0 Å². The van der Waals surface area contributed by atoms with E-state index >= 15 is 0 Å². The number of benzene rings is 2. The van der Waals surface area contributed by atoms with Crippen LogP contribution in [-0.2, 0) is 30.9 Å². The molecule has 1 aliphatic heterocycles. The SMILES string of the molecule is CC(=O)N(/C=C/C=C/C1=[N+](CCCS(=O)(=O)[O-])c2cc[c-]cc2C1(C)C)c1ccccc1.O=S(=O)=O.[K+]. The maximum atomic E-state index is 12.1. The van der Waals surface area contributed by atoms with Gasteiger partial charge in [-0.3, -0.25) is 9.69 Å². The maximum Gasteiger partial charge on any atom is 1.00 e. The van der Waals surface area contributed by atoms with Gasteiger partial charge < -0.3 is 4.55 Å². The number of rotatable bonds is 8. The van der Waals surface area contributed by atoms with Crippen molar-refractivity contribution in [2.45, 2.75) is 32.6 Å². The van der Waals surface area contributed by atoms with Crippen molar-refractivity contribution >= 4 is 43.7 Å².